The number of likely N-dealkylation sites (tertiary alicyclic amines) is 1. The van der Waals surface area contributed by atoms with Gasteiger partial charge in [0.1, 0.15) is 0 Å². The van der Waals surface area contributed by atoms with Gasteiger partial charge in [-0.1, -0.05) is 0 Å². The Kier molecular flexibility index (Phi) is 5.55. The van der Waals surface area contributed by atoms with Crippen molar-refractivity contribution in [1.82, 2.24) is 4.90 Å². The van der Waals surface area contributed by atoms with Gasteiger partial charge in [0.25, 0.3) is 0 Å². The Labute approximate surface area is 107 Å². The number of ether oxygens (including phenoxy) is 1. The average molecular weight is 258 g/mol. The molecule has 0 aromatic rings. The van der Waals surface area contributed by atoms with Crippen LogP contribution in [0.5, 0.6) is 0 Å². The first-order valence-corrected chi connectivity index (χ1v) is 6.23. The number of carboxylic acid groups (broad SMARTS) is 1. The summed E-state index contributed by atoms with van der Waals surface area (Å²) in [5, 5.41) is 9.46. The van der Waals surface area contributed by atoms with Crippen molar-refractivity contribution in [1.29, 1.82) is 0 Å². The molecule has 1 rings (SSSR count). The Morgan fingerprint density at radius 3 is 2.78 bits per heavy atom. The van der Waals surface area contributed by atoms with Gasteiger partial charge in [-0.15, -0.1) is 0 Å². The maximum atomic E-state index is 11.5. The first-order chi connectivity index (χ1) is 8.50. The van der Waals surface area contributed by atoms with Gasteiger partial charge in [-0.3, -0.25) is 14.5 Å². The van der Waals surface area contributed by atoms with Crippen LogP contribution >= 0.6 is 0 Å². The van der Waals surface area contributed by atoms with Gasteiger partial charge in [0.2, 0.25) is 5.91 Å². The number of carbonyl (C=O) groups excluding carboxylic acids is 1. The Hall–Kier alpha value is -1.14. The van der Waals surface area contributed by atoms with E-state index in [9.17, 15) is 14.7 Å². The highest BCUT2D eigenvalue weighted by molar-refractivity contribution is 5.77. The second-order valence-electron chi connectivity index (χ2n) is 4.96. The van der Waals surface area contributed by atoms with Crippen LogP contribution in [0.1, 0.15) is 25.7 Å². The number of carbonyl (C=O) groups is 2. The molecule has 104 valence electrons. The van der Waals surface area contributed by atoms with Gasteiger partial charge in [-0.25, -0.2) is 0 Å². The molecule has 0 aromatic carbocycles. The Balaban J connectivity index is 2.64. The van der Waals surface area contributed by atoms with E-state index in [0.29, 0.717) is 32.4 Å². The Bertz CT molecular complexity index is 308. The van der Waals surface area contributed by atoms with Crippen molar-refractivity contribution in [2.24, 2.45) is 11.1 Å². The molecule has 1 saturated heterocycles. The maximum absolute atomic E-state index is 11.5. The minimum Gasteiger partial charge on any atom is -0.481 e. The summed E-state index contributed by atoms with van der Waals surface area (Å²) in [6.45, 7) is 1.83. The molecule has 0 spiro atoms. The first kappa shape index (κ1) is 14.9. The molecule has 6 nitrogen and oxygen atoms in total. The molecule has 6 heteroatoms. The van der Waals surface area contributed by atoms with Crippen LogP contribution in [0, 0.1) is 5.41 Å². The van der Waals surface area contributed by atoms with E-state index in [2.05, 4.69) is 0 Å². The van der Waals surface area contributed by atoms with E-state index in [1.165, 1.54) is 0 Å². The van der Waals surface area contributed by atoms with Gasteiger partial charge < -0.3 is 15.6 Å². The summed E-state index contributed by atoms with van der Waals surface area (Å²) in [6, 6.07) is 0. The molecular weight excluding hydrogens is 236 g/mol. The number of hydrogen-bond acceptors (Lipinski definition) is 4. The fourth-order valence-electron chi connectivity index (χ4n) is 2.62. The SMILES string of the molecule is COCCCC1(C(=O)O)CCCN(CC(N)=O)C1. The summed E-state index contributed by atoms with van der Waals surface area (Å²) in [5.74, 6) is -1.19. The molecule has 0 aliphatic carbocycles. The topological polar surface area (TPSA) is 92.9 Å². The zero-order chi connectivity index (χ0) is 13.6. The van der Waals surface area contributed by atoms with Crippen molar-refractivity contribution in [3.05, 3.63) is 0 Å². The van der Waals surface area contributed by atoms with Crippen LogP contribution in [-0.4, -0.2) is 55.2 Å². The molecular formula is C12H22N2O4. The lowest BCUT2D eigenvalue weighted by atomic mass is 9.76. The quantitative estimate of drug-likeness (QED) is 0.630. The number of nitrogens with zero attached hydrogens (tertiary/aromatic N) is 1. The van der Waals surface area contributed by atoms with E-state index < -0.39 is 17.3 Å². The average Bonchev–Trinajstić information content (AvgIpc) is 2.28. The van der Waals surface area contributed by atoms with Crippen LogP contribution in [0.25, 0.3) is 0 Å². The van der Waals surface area contributed by atoms with Gasteiger partial charge in [-0.05, 0) is 32.2 Å². The summed E-state index contributed by atoms with van der Waals surface area (Å²) in [4.78, 5) is 24.3. The van der Waals surface area contributed by atoms with Gasteiger partial charge in [0.05, 0.1) is 12.0 Å². The molecule has 1 unspecified atom stereocenters. The summed E-state index contributed by atoms with van der Waals surface area (Å²) >= 11 is 0. The molecule has 0 aromatic heterocycles. The third-order valence-electron chi connectivity index (χ3n) is 3.49. The monoisotopic (exact) mass is 258 g/mol. The van der Waals surface area contributed by atoms with E-state index in [1.807, 2.05) is 4.90 Å². The lowest BCUT2D eigenvalue weighted by Gasteiger charge is -2.39. The standard InChI is InChI=1S/C12H22N2O4/c1-18-7-3-5-12(11(16)17)4-2-6-14(9-12)8-10(13)15/h2-9H2,1H3,(H2,13,15)(H,16,17). The van der Waals surface area contributed by atoms with Gasteiger partial charge in [0.15, 0.2) is 0 Å². The number of methoxy groups -OCH3 is 1. The van der Waals surface area contributed by atoms with Crippen LogP contribution in [0.4, 0.5) is 0 Å². The predicted octanol–water partition coefficient (Wildman–Crippen LogP) is 0.0651. The van der Waals surface area contributed by atoms with Crippen LogP contribution in [-0.2, 0) is 14.3 Å². The van der Waals surface area contributed by atoms with E-state index in [-0.39, 0.29) is 6.54 Å². The van der Waals surface area contributed by atoms with Crippen LogP contribution in [0.15, 0.2) is 0 Å². The number of amides is 1. The Morgan fingerprint density at radius 1 is 1.50 bits per heavy atom. The van der Waals surface area contributed by atoms with Crippen molar-refractivity contribution in [2.75, 3.05) is 33.4 Å². The second kappa shape index (κ2) is 6.70. The maximum Gasteiger partial charge on any atom is 0.310 e. The summed E-state index contributed by atoms with van der Waals surface area (Å²) in [6.07, 6.45) is 2.73. The third kappa shape index (κ3) is 3.96. The summed E-state index contributed by atoms with van der Waals surface area (Å²) < 4.78 is 4.97. The minimum atomic E-state index is -0.784. The summed E-state index contributed by atoms with van der Waals surface area (Å²) in [7, 11) is 1.60. The molecule has 1 aliphatic heterocycles. The highest BCUT2D eigenvalue weighted by Gasteiger charge is 2.41. The highest BCUT2D eigenvalue weighted by atomic mass is 16.5. The van der Waals surface area contributed by atoms with E-state index in [1.54, 1.807) is 7.11 Å². The number of primary amides is 1. The molecule has 1 fully saturated rings. The van der Waals surface area contributed by atoms with Crippen molar-refractivity contribution in [2.45, 2.75) is 25.7 Å². The zero-order valence-electron chi connectivity index (χ0n) is 10.9. The van der Waals surface area contributed by atoms with Gasteiger partial charge >= 0.3 is 5.97 Å². The number of aliphatic carboxylic acids is 1. The van der Waals surface area contributed by atoms with Gasteiger partial charge in [-0.2, -0.15) is 0 Å². The fraction of sp³-hybridized carbons (Fsp3) is 0.833. The van der Waals surface area contributed by atoms with Crippen LogP contribution in [0.3, 0.4) is 0 Å². The molecule has 0 radical (unpaired) electrons. The molecule has 0 saturated carbocycles. The minimum absolute atomic E-state index is 0.138. The largest absolute Gasteiger partial charge is 0.481 e. The Morgan fingerprint density at radius 2 is 2.22 bits per heavy atom. The number of rotatable bonds is 7. The van der Waals surface area contributed by atoms with Crippen molar-refractivity contribution >= 4 is 11.9 Å². The normalized spacial score (nSPS) is 24.9. The second-order valence-corrected chi connectivity index (χ2v) is 4.96. The van der Waals surface area contributed by atoms with Crippen molar-refractivity contribution in [3.8, 4) is 0 Å². The highest BCUT2D eigenvalue weighted by Crippen LogP contribution is 2.34. The van der Waals surface area contributed by atoms with Crippen molar-refractivity contribution in [3.63, 3.8) is 0 Å². The lowest BCUT2D eigenvalue weighted by Crippen LogP contribution is -2.50. The van der Waals surface area contributed by atoms with E-state index in [0.717, 1.165) is 13.0 Å². The molecule has 18 heavy (non-hydrogen) atoms. The van der Waals surface area contributed by atoms with Crippen LogP contribution < -0.4 is 5.73 Å². The van der Waals surface area contributed by atoms with Crippen LogP contribution in [0.2, 0.25) is 0 Å². The van der Waals surface area contributed by atoms with E-state index in [4.69, 9.17) is 10.5 Å². The van der Waals surface area contributed by atoms with Gasteiger partial charge in [0, 0.05) is 20.3 Å². The number of piperidine rings is 1. The fourth-order valence-corrected chi connectivity index (χ4v) is 2.62. The number of carboxylic acids is 1. The zero-order valence-corrected chi connectivity index (χ0v) is 10.9. The first-order valence-electron chi connectivity index (χ1n) is 6.23. The molecule has 3 N–H and O–H groups in total. The molecule has 0 bridgehead atoms. The molecule has 1 aliphatic rings. The number of hydrogen-bond donors (Lipinski definition) is 2. The molecule has 1 atom stereocenters. The smallest absolute Gasteiger partial charge is 0.310 e. The molecule has 1 amide bonds. The summed E-state index contributed by atoms with van der Waals surface area (Å²) in [5.41, 5.74) is 4.40. The van der Waals surface area contributed by atoms with Crippen molar-refractivity contribution < 1.29 is 19.4 Å². The predicted molar refractivity (Wildman–Crippen MR) is 66.0 cm³/mol. The molecule has 1 heterocycles. The lowest BCUT2D eigenvalue weighted by molar-refractivity contribution is -0.154. The van der Waals surface area contributed by atoms with E-state index >= 15 is 0 Å². The third-order valence-corrected chi connectivity index (χ3v) is 3.49. The number of nitrogens with two attached hydrogens (primary N) is 1.